The number of nitrogen functional groups attached to an aromatic ring is 1. The van der Waals surface area contributed by atoms with Gasteiger partial charge in [0.2, 0.25) is 5.13 Å². The summed E-state index contributed by atoms with van der Waals surface area (Å²) in [6.45, 7) is 0. The molecule has 1 aromatic heterocycles. The van der Waals surface area contributed by atoms with Crippen LogP contribution in [0.25, 0.3) is 0 Å². The van der Waals surface area contributed by atoms with Crippen molar-refractivity contribution in [2.75, 3.05) is 11.5 Å². The maximum Gasteiger partial charge on any atom is 0.203 e. The van der Waals surface area contributed by atoms with Crippen LogP contribution in [0.5, 0.6) is 0 Å². The Morgan fingerprint density at radius 1 is 1.70 bits per heavy atom. The van der Waals surface area contributed by atoms with Gasteiger partial charge in [0.1, 0.15) is 6.29 Å². The highest BCUT2D eigenvalue weighted by Crippen LogP contribution is 2.22. The second kappa shape index (κ2) is 3.52. The molecule has 0 radical (unpaired) electrons. The number of rotatable bonds is 3. The average molecular weight is 175 g/mol. The summed E-state index contributed by atoms with van der Waals surface area (Å²) in [6.07, 6.45) is 0.822. The Bertz CT molecular complexity index is 224. The van der Waals surface area contributed by atoms with Crippen molar-refractivity contribution in [1.29, 1.82) is 0 Å². The molecule has 0 fully saturated rings. The Hall–Kier alpha value is -0.620. The fraction of sp³-hybridized carbons (Fsp3) is 0.250. The van der Waals surface area contributed by atoms with Crippen molar-refractivity contribution in [3.05, 3.63) is 0 Å². The van der Waals surface area contributed by atoms with E-state index in [2.05, 4.69) is 10.2 Å². The Kier molecular flexibility index (Phi) is 2.64. The van der Waals surface area contributed by atoms with Gasteiger partial charge in [0.05, 0.1) is 5.75 Å². The minimum Gasteiger partial charge on any atom is -0.374 e. The molecule has 0 aliphatic carbocycles. The van der Waals surface area contributed by atoms with E-state index in [9.17, 15) is 4.79 Å². The van der Waals surface area contributed by atoms with Crippen molar-refractivity contribution in [3.63, 3.8) is 0 Å². The molecule has 1 rings (SSSR count). The SMILES string of the molecule is Nc1nnc(SCC=O)s1. The zero-order valence-corrected chi connectivity index (χ0v) is 6.61. The minimum absolute atomic E-state index is 0.411. The average Bonchev–Trinajstić information content (AvgIpc) is 2.31. The lowest BCUT2D eigenvalue weighted by molar-refractivity contribution is -0.105. The molecule has 0 aromatic carbocycles. The predicted octanol–water partition coefficient (Wildman–Crippen LogP) is 0.411. The maximum absolute atomic E-state index is 9.89. The van der Waals surface area contributed by atoms with E-state index in [0.29, 0.717) is 10.9 Å². The molecule has 0 aliphatic heterocycles. The molecule has 6 heteroatoms. The van der Waals surface area contributed by atoms with Gasteiger partial charge in [0.15, 0.2) is 4.34 Å². The second-order valence-corrected chi connectivity index (χ2v) is 3.66. The number of carbonyl (C=O) groups excluding carboxylic acids is 1. The summed E-state index contributed by atoms with van der Waals surface area (Å²) in [4.78, 5) is 9.89. The van der Waals surface area contributed by atoms with E-state index in [4.69, 9.17) is 5.73 Å². The number of hydrogen-bond donors (Lipinski definition) is 1. The molecule has 1 aromatic rings. The molecule has 0 saturated carbocycles. The zero-order valence-electron chi connectivity index (χ0n) is 4.98. The lowest BCUT2D eigenvalue weighted by Gasteiger charge is -1.82. The summed E-state index contributed by atoms with van der Waals surface area (Å²) in [5, 5.41) is 7.72. The van der Waals surface area contributed by atoms with Gasteiger partial charge in [-0.25, -0.2) is 0 Å². The van der Waals surface area contributed by atoms with Crippen LogP contribution in [0.15, 0.2) is 4.34 Å². The van der Waals surface area contributed by atoms with Crippen molar-refractivity contribution in [3.8, 4) is 0 Å². The summed E-state index contributed by atoms with van der Waals surface area (Å²) in [5.41, 5.74) is 5.29. The van der Waals surface area contributed by atoms with Gasteiger partial charge in [-0.1, -0.05) is 23.1 Å². The summed E-state index contributed by atoms with van der Waals surface area (Å²) in [5.74, 6) is 0.411. The molecule has 0 amide bonds. The molecular weight excluding hydrogens is 170 g/mol. The minimum atomic E-state index is 0.411. The van der Waals surface area contributed by atoms with Crippen LogP contribution < -0.4 is 5.73 Å². The van der Waals surface area contributed by atoms with E-state index in [1.54, 1.807) is 0 Å². The van der Waals surface area contributed by atoms with Crippen molar-refractivity contribution in [2.45, 2.75) is 4.34 Å². The van der Waals surface area contributed by atoms with Crippen LogP contribution in [0.2, 0.25) is 0 Å². The molecule has 2 N–H and O–H groups in total. The van der Waals surface area contributed by atoms with Crippen molar-refractivity contribution in [2.24, 2.45) is 0 Å². The molecule has 0 unspecified atom stereocenters. The zero-order chi connectivity index (χ0) is 7.40. The summed E-state index contributed by atoms with van der Waals surface area (Å²) >= 11 is 2.63. The molecule has 0 saturated heterocycles. The third-order valence-electron chi connectivity index (χ3n) is 0.697. The number of thioether (sulfide) groups is 1. The van der Waals surface area contributed by atoms with E-state index in [0.717, 1.165) is 10.6 Å². The first-order valence-corrected chi connectivity index (χ1v) is 4.28. The largest absolute Gasteiger partial charge is 0.374 e. The number of hydrogen-bond acceptors (Lipinski definition) is 6. The molecular formula is C4H5N3OS2. The van der Waals surface area contributed by atoms with Crippen molar-refractivity contribution >= 4 is 34.5 Å². The van der Waals surface area contributed by atoms with Crippen LogP contribution >= 0.6 is 23.1 Å². The quantitative estimate of drug-likeness (QED) is 0.532. The van der Waals surface area contributed by atoms with Crippen LogP contribution in [-0.2, 0) is 4.79 Å². The molecule has 1 heterocycles. The van der Waals surface area contributed by atoms with Gasteiger partial charge in [-0.2, -0.15) is 0 Å². The number of carbonyl (C=O) groups is 1. The first-order valence-electron chi connectivity index (χ1n) is 2.48. The van der Waals surface area contributed by atoms with Gasteiger partial charge < -0.3 is 10.5 Å². The van der Waals surface area contributed by atoms with E-state index in [-0.39, 0.29) is 0 Å². The van der Waals surface area contributed by atoms with E-state index in [1.807, 2.05) is 0 Å². The first kappa shape index (κ1) is 7.49. The first-order chi connectivity index (χ1) is 4.83. The molecule has 4 nitrogen and oxygen atoms in total. The summed E-state index contributed by atoms with van der Waals surface area (Å²) < 4.78 is 0.740. The monoisotopic (exact) mass is 175 g/mol. The van der Waals surface area contributed by atoms with Crippen molar-refractivity contribution in [1.82, 2.24) is 10.2 Å². The van der Waals surface area contributed by atoms with Gasteiger partial charge in [-0.15, -0.1) is 10.2 Å². The van der Waals surface area contributed by atoms with Gasteiger partial charge in [-0.3, -0.25) is 0 Å². The van der Waals surface area contributed by atoms with Gasteiger partial charge in [0, 0.05) is 0 Å². The maximum atomic E-state index is 9.89. The highest BCUT2D eigenvalue weighted by molar-refractivity contribution is 8.01. The molecule has 0 bridgehead atoms. The Morgan fingerprint density at radius 2 is 2.50 bits per heavy atom. The van der Waals surface area contributed by atoms with Crippen LogP contribution in [0.4, 0.5) is 5.13 Å². The van der Waals surface area contributed by atoms with Crippen LogP contribution in [0.1, 0.15) is 0 Å². The molecule has 54 valence electrons. The van der Waals surface area contributed by atoms with Crippen LogP contribution in [-0.4, -0.2) is 22.2 Å². The van der Waals surface area contributed by atoms with Crippen LogP contribution in [0, 0.1) is 0 Å². The lowest BCUT2D eigenvalue weighted by atomic mass is 10.9. The van der Waals surface area contributed by atoms with E-state index >= 15 is 0 Å². The number of nitrogens with zero attached hydrogens (tertiary/aromatic N) is 2. The number of nitrogens with two attached hydrogens (primary N) is 1. The van der Waals surface area contributed by atoms with E-state index < -0.39 is 0 Å². The normalized spacial score (nSPS) is 9.60. The Labute approximate surface area is 65.8 Å². The fourth-order valence-corrected chi connectivity index (χ4v) is 1.73. The summed E-state index contributed by atoms with van der Waals surface area (Å²) in [7, 11) is 0. The molecule has 0 spiro atoms. The van der Waals surface area contributed by atoms with Gasteiger partial charge in [0.25, 0.3) is 0 Å². The third-order valence-corrected chi connectivity index (χ3v) is 2.48. The molecule has 10 heavy (non-hydrogen) atoms. The highest BCUT2D eigenvalue weighted by Gasteiger charge is 1.99. The summed E-state index contributed by atoms with van der Waals surface area (Å²) in [6, 6.07) is 0. The smallest absolute Gasteiger partial charge is 0.203 e. The predicted molar refractivity (Wildman–Crippen MR) is 41.1 cm³/mol. The van der Waals surface area contributed by atoms with Gasteiger partial charge in [-0.05, 0) is 0 Å². The fourth-order valence-electron chi connectivity index (χ4n) is 0.384. The number of aromatic nitrogens is 2. The topological polar surface area (TPSA) is 68.9 Å². The van der Waals surface area contributed by atoms with Gasteiger partial charge >= 0.3 is 0 Å². The molecule has 0 aliphatic rings. The second-order valence-electron chi connectivity index (χ2n) is 1.38. The van der Waals surface area contributed by atoms with E-state index in [1.165, 1.54) is 23.1 Å². The molecule has 0 atom stereocenters. The third kappa shape index (κ3) is 1.96. The number of anilines is 1. The van der Waals surface area contributed by atoms with Crippen LogP contribution in [0.3, 0.4) is 0 Å². The Morgan fingerprint density at radius 3 is 3.00 bits per heavy atom. The number of aldehydes is 1. The highest BCUT2D eigenvalue weighted by atomic mass is 32.2. The Balaban J connectivity index is 2.49. The van der Waals surface area contributed by atoms with Crippen molar-refractivity contribution < 1.29 is 4.79 Å². The standard InChI is InChI=1S/C4H5N3OS2/c5-3-6-7-4(10-3)9-2-1-8/h1H,2H2,(H2,5,6). The lowest BCUT2D eigenvalue weighted by Crippen LogP contribution is -1.80.